The monoisotopic (exact) mass is 384 g/mol. The van der Waals surface area contributed by atoms with Gasteiger partial charge in [0.1, 0.15) is 11.4 Å². The number of Topliss-reactive ketones (excluding diaryl/α,β-unsaturated/α-hetero) is 1. The van der Waals surface area contributed by atoms with E-state index in [-0.39, 0.29) is 17.1 Å². The average Bonchev–Trinajstić information content (AvgIpc) is 2.63. The molecule has 1 aromatic carbocycles. The van der Waals surface area contributed by atoms with E-state index in [4.69, 9.17) is 5.73 Å². The Labute approximate surface area is 159 Å². The van der Waals surface area contributed by atoms with Crippen molar-refractivity contribution in [2.75, 3.05) is 11.5 Å². The lowest BCUT2D eigenvalue weighted by Gasteiger charge is -2.11. The maximum atomic E-state index is 12.6. The van der Waals surface area contributed by atoms with Crippen molar-refractivity contribution < 1.29 is 4.79 Å². The third-order valence-electron chi connectivity index (χ3n) is 4.22. The van der Waals surface area contributed by atoms with E-state index in [1.54, 1.807) is 0 Å². The van der Waals surface area contributed by atoms with Crippen LogP contribution in [0, 0.1) is 6.92 Å². The number of aryl methyl sites for hydroxylation is 1. The molecular weight excluding hydrogens is 364 g/mol. The average molecular weight is 384 g/mol. The summed E-state index contributed by atoms with van der Waals surface area (Å²) in [7, 11) is 0. The minimum atomic E-state index is -0.752. The van der Waals surface area contributed by atoms with Gasteiger partial charge in [-0.2, -0.15) is 0 Å². The maximum Gasteiger partial charge on any atom is 0.329 e. The predicted molar refractivity (Wildman–Crippen MR) is 108 cm³/mol. The van der Waals surface area contributed by atoms with Crippen molar-refractivity contribution in [3.63, 3.8) is 0 Å². The molecule has 0 saturated carbocycles. The largest absolute Gasteiger partial charge is 0.384 e. The number of carbonyl (C=O) groups excluding carboxylic acids is 1. The van der Waals surface area contributed by atoms with Crippen molar-refractivity contribution in [2.24, 2.45) is 0 Å². The number of rotatable bonds is 6. The minimum absolute atomic E-state index is 0.00237. The van der Waals surface area contributed by atoms with Crippen LogP contribution in [0.5, 0.6) is 0 Å². The molecular formula is C19H20N4O3S. The Hall–Kier alpha value is -2.87. The first-order valence-electron chi connectivity index (χ1n) is 8.57. The van der Waals surface area contributed by atoms with Crippen LogP contribution in [-0.2, 0) is 6.54 Å². The van der Waals surface area contributed by atoms with Crippen LogP contribution in [0.1, 0.15) is 29.3 Å². The topological polar surface area (TPSA) is 111 Å². The molecule has 3 N–H and O–H groups in total. The summed E-state index contributed by atoms with van der Waals surface area (Å²) in [6, 6.07) is 9.68. The number of nitrogens with zero attached hydrogens (tertiary/aromatic N) is 2. The zero-order valence-corrected chi connectivity index (χ0v) is 15.9. The Kier molecular flexibility index (Phi) is 5.46. The number of fused-ring (bicyclic) bond motifs is 1. The highest BCUT2D eigenvalue weighted by molar-refractivity contribution is 7.99. The quantitative estimate of drug-likeness (QED) is 0.499. The van der Waals surface area contributed by atoms with E-state index in [0.717, 1.165) is 16.5 Å². The number of carbonyl (C=O) groups is 1. The van der Waals surface area contributed by atoms with Gasteiger partial charge in [0.15, 0.2) is 5.78 Å². The van der Waals surface area contributed by atoms with E-state index in [1.807, 2.05) is 44.2 Å². The van der Waals surface area contributed by atoms with Gasteiger partial charge in [0.2, 0.25) is 0 Å². The first-order chi connectivity index (χ1) is 12.9. The third-order valence-corrected chi connectivity index (χ3v) is 5.13. The molecule has 0 amide bonds. The summed E-state index contributed by atoms with van der Waals surface area (Å²) >= 11 is 1.24. The summed E-state index contributed by atoms with van der Waals surface area (Å²) < 4.78 is 1.22. The number of benzene rings is 1. The molecule has 2 heterocycles. The van der Waals surface area contributed by atoms with Crippen LogP contribution in [-0.4, -0.2) is 26.1 Å². The lowest BCUT2D eigenvalue weighted by Crippen LogP contribution is -2.36. The van der Waals surface area contributed by atoms with Crippen LogP contribution < -0.4 is 17.0 Å². The Morgan fingerprint density at radius 2 is 2.04 bits per heavy atom. The van der Waals surface area contributed by atoms with Crippen molar-refractivity contribution in [3.8, 4) is 0 Å². The molecule has 8 heteroatoms. The number of aromatic nitrogens is 3. The molecule has 0 spiro atoms. The van der Waals surface area contributed by atoms with Gasteiger partial charge in [0, 0.05) is 11.9 Å². The van der Waals surface area contributed by atoms with Crippen LogP contribution >= 0.6 is 11.8 Å². The SMILES string of the molecule is CCCn1c(N)c(C(=O)CSc2cc(C)c3ccccc3n2)c(=O)[nH]c1=O. The van der Waals surface area contributed by atoms with E-state index in [1.165, 1.54) is 16.3 Å². The van der Waals surface area contributed by atoms with Gasteiger partial charge in [-0.05, 0) is 31.0 Å². The van der Waals surface area contributed by atoms with Crippen LogP contribution in [0.25, 0.3) is 10.9 Å². The Morgan fingerprint density at radius 1 is 1.30 bits per heavy atom. The molecule has 3 aromatic rings. The zero-order valence-electron chi connectivity index (χ0n) is 15.1. The molecule has 0 saturated heterocycles. The number of H-pyrrole nitrogens is 1. The van der Waals surface area contributed by atoms with Crippen LogP contribution in [0.15, 0.2) is 44.9 Å². The smallest absolute Gasteiger partial charge is 0.329 e. The second-order valence-electron chi connectivity index (χ2n) is 6.18. The summed E-state index contributed by atoms with van der Waals surface area (Å²) in [5.41, 5.74) is 6.32. The number of pyridine rings is 1. The summed E-state index contributed by atoms with van der Waals surface area (Å²) in [4.78, 5) is 43.3. The Balaban J connectivity index is 1.88. The number of thioether (sulfide) groups is 1. The van der Waals surface area contributed by atoms with Crippen LogP contribution in [0.2, 0.25) is 0 Å². The van der Waals surface area contributed by atoms with Gasteiger partial charge in [-0.3, -0.25) is 19.1 Å². The number of nitrogens with one attached hydrogen (secondary N) is 1. The zero-order chi connectivity index (χ0) is 19.6. The van der Waals surface area contributed by atoms with Gasteiger partial charge < -0.3 is 5.73 Å². The maximum absolute atomic E-state index is 12.6. The van der Waals surface area contributed by atoms with Crippen molar-refractivity contribution in [2.45, 2.75) is 31.8 Å². The van der Waals surface area contributed by atoms with Gasteiger partial charge >= 0.3 is 5.69 Å². The molecule has 0 radical (unpaired) electrons. The van der Waals surface area contributed by atoms with Gasteiger partial charge in [0.25, 0.3) is 5.56 Å². The van der Waals surface area contributed by atoms with Gasteiger partial charge in [-0.25, -0.2) is 9.78 Å². The highest BCUT2D eigenvalue weighted by Gasteiger charge is 2.19. The highest BCUT2D eigenvalue weighted by Crippen LogP contribution is 2.24. The highest BCUT2D eigenvalue weighted by atomic mass is 32.2. The number of aromatic amines is 1. The van der Waals surface area contributed by atoms with Gasteiger partial charge in [-0.15, -0.1) is 0 Å². The second-order valence-corrected chi connectivity index (χ2v) is 7.17. The summed E-state index contributed by atoms with van der Waals surface area (Å²) in [5.74, 6) is -0.516. The number of anilines is 1. The van der Waals surface area contributed by atoms with Crippen molar-refractivity contribution in [1.29, 1.82) is 0 Å². The molecule has 0 bridgehead atoms. The predicted octanol–water partition coefficient (Wildman–Crippen LogP) is 2.36. The molecule has 7 nitrogen and oxygen atoms in total. The van der Waals surface area contributed by atoms with E-state index in [0.29, 0.717) is 18.0 Å². The van der Waals surface area contributed by atoms with Crippen molar-refractivity contribution >= 4 is 34.3 Å². The number of nitrogens with two attached hydrogens (primary N) is 1. The summed E-state index contributed by atoms with van der Waals surface area (Å²) in [5, 5.41) is 1.75. The van der Waals surface area contributed by atoms with Crippen molar-refractivity contribution in [1.82, 2.24) is 14.5 Å². The van der Waals surface area contributed by atoms with Crippen LogP contribution in [0.4, 0.5) is 5.82 Å². The molecule has 0 aliphatic heterocycles. The standard InChI is InChI=1S/C19H20N4O3S/c1-3-8-23-17(20)16(18(25)22-19(23)26)14(24)10-27-15-9-11(2)12-6-4-5-7-13(12)21-15/h4-7,9H,3,8,10,20H2,1-2H3,(H,22,25,26). The number of ketones is 1. The first-order valence-corrected chi connectivity index (χ1v) is 9.56. The number of nitrogen functional groups attached to an aromatic ring is 1. The molecule has 140 valence electrons. The van der Waals surface area contributed by atoms with E-state index < -0.39 is 17.0 Å². The fraction of sp³-hybridized carbons (Fsp3) is 0.263. The normalized spacial score (nSPS) is 11.0. The number of hydrogen-bond donors (Lipinski definition) is 2. The molecule has 0 unspecified atom stereocenters. The van der Waals surface area contributed by atoms with E-state index in [9.17, 15) is 14.4 Å². The molecule has 27 heavy (non-hydrogen) atoms. The molecule has 0 fully saturated rings. The Bertz CT molecular complexity index is 1130. The fourth-order valence-corrected chi connectivity index (χ4v) is 3.75. The van der Waals surface area contributed by atoms with Gasteiger partial charge in [-0.1, -0.05) is 36.9 Å². The molecule has 0 atom stereocenters. The molecule has 3 rings (SSSR count). The number of para-hydroxylation sites is 1. The summed E-state index contributed by atoms with van der Waals surface area (Å²) in [6.07, 6.45) is 0.652. The van der Waals surface area contributed by atoms with E-state index in [2.05, 4.69) is 9.97 Å². The Morgan fingerprint density at radius 3 is 2.78 bits per heavy atom. The van der Waals surface area contributed by atoms with Crippen molar-refractivity contribution in [3.05, 3.63) is 62.3 Å². The molecule has 0 aliphatic rings. The second kappa shape index (κ2) is 7.79. The first kappa shape index (κ1) is 18.9. The number of hydrogen-bond acceptors (Lipinski definition) is 6. The lowest BCUT2D eigenvalue weighted by atomic mass is 10.1. The fourth-order valence-electron chi connectivity index (χ4n) is 2.91. The summed E-state index contributed by atoms with van der Waals surface area (Å²) in [6.45, 7) is 4.20. The van der Waals surface area contributed by atoms with Crippen LogP contribution in [0.3, 0.4) is 0 Å². The molecule has 0 aliphatic carbocycles. The minimum Gasteiger partial charge on any atom is -0.384 e. The van der Waals surface area contributed by atoms with E-state index >= 15 is 0 Å². The third kappa shape index (κ3) is 3.80. The van der Waals surface area contributed by atoms with Gasteiger partial charge in [0.05, 0.1) is 16.3 Å². The molecule has 2 aromatic heterocycles. The lowest BCUT2D eigenvalue weighted by molar-refractivity contribution is 0.102.